The van der Waals surface area contributed by atoms with Gasteiger partial charge >= 0.3 is 0 Å². The first kappa shape index (κ1) is 11.8. The van der Waals surface area contributed by atoms with Crippen LogP contribution in [0.2, 0.25) is 0 Å². The molecule has 1 aliphatic rings. The second kappa shape index (κ2) is 4.70. The number of rotatable bonds is 3. The maximum absolute atomic E-state index is 12.0. The van der Waals surface area contributed by atoms with E-state index in [1.54, 1.807) is 6.20 Å². The molecule has 2 heterocycles. The van der Waals surface area contributed by atoms with Crippen molar-refractivity contribution < 1.29 is 4.79 Å². The summed E-state index contributed by atoms with van der Waals surface area (Å²) in [6.45, 7) is 7.70. The number of allylic oxidation sites excluding steroid dienone is 1. The summed E-state index contributed by atoms with van der Waals surface area (Å²) in [5.41, 5.74) is 2.81. The number of pyridine rings is 1. The summed E-state index contributed by atoms with van der Waals surface area (Å²) < 4.78 is 0. The van der Waals surface area contributed by atoms with Crippen LogP contribution >= 0.6 is 0 Å². The van der Waals surface area contributed by atoms with Crippen molar-refractivity contribution in [2.45, 2.75) is 27.3 Å². The Morgan fingerprint density at radius 3 is 2.94 bits per heavy atom. The molecule has 0 unspecified atom stereocenters. The van der Waals surface area contributed by atoms with Crippen LogP contribution in [0.1, 0.15) is 42.4 Å². The lowest BCUT2D eigenvalue weighted by molar-refractivity contribution is 0.0787. The van der Waals surface area contributed by atoms with Gasteiger partial charge in [0.1, 0.15) is 0 Å². The lowest BCUT2D eigenvalue weighted by Gasteiger charge is -2.11. The van der Waals surface area contributed by atoms with Crippen LogP contribution in [0.4, 0.5) is 0 Å². The van der Waals surface area contributed by atoms with Crippen molar-refractivity contribution in [3.05, 3.63) is 35.2 Å². The molecule has 0 spiro atoms. The fraction of sp³-hybridized carbons (Fsp3) is 0.429. The highest BCUT2D eigenvalue weighted by molar-refractivity contribution is 5.99. The molecule has 0 bridgehead atoms. The predicted molar refractivity (Wildman–Crippen MR) is 68.5 cm³/mol. The average molecular weight is 230 g/mol. The SMILES string of the molecule is CCN1Cc2c(ccnc2/C=C/C(C)C)C1=O. The molecule has 2 rings (SSSR count). The number of aromatic nitrogens is 1. The molecule has 0 saturated heterocycles. The average Bonchev–Trinajstić information content (AvgIpc) is 2.64. The molecule has 0 atom stereocenters. The molecular weight excluding hydrogens is 212 g/mol. The van der Waals surface area contributed by atoms with Crippen LogP contribution in [0.25, 0.3) is 6.08 Å². The van der Waals surface area contributed by atoms with Gasteiger partial charge in [-0.25, -0.2) is 0 Å². The van der Waals surface area contributed by atoms with E-state index in [4.69, 9.17) is 0 Å². The Morgan fingerprint density at radius 1 is 1.53 bits per heavy atom. The Bertz CT molecular complexity index is 463. The summed E-state index contributed by atoms with van der Waals surface area (Å²) in [4.78, 5) is 18.2. The second-order valence-electron chi connectivity index (χ2n) is 4.64. The first-order chi connectivity index (χ1) is 8.13. The Balaban J connectivity index is 2.37. The van der Waals surface area contributed by atoms with Gasteiger partial charge in [0.15, 0.2) is 0 Å². The number of carbonyl (C=O) groups excluding carboxylic acids is 1. The molecule has 90 valence electrons. The third-order valence-corrected chi connectivity index (χ3v) is 2.98. The van der Waals surface area contributed by atoms with Gasteiger partial charge in [-0.15, -0.1) is 0 Å². The fourth-order valence-electron chi connectivity index (χ4n) is 1.99. The maximum atomic E-state index is 12.0. The third-order valence-electron chi connectivity index (χ3n) is 2.98. The molecule has 0 N–H and O–H groups in total. The molecule has 1 aromatic rings. The zero-order valence-electron chi connectivity index (χ0n) is 10.6. The first-order valence-corrected chi connectivity index (χ1v) is 6.08. The Morgan fingerprint density at radius 2 is 2.29 bits per heavy atom. The van der Waals surface area contributed by atoms with E-state index >= 15 is 0 Å². The predicted octanol–water partition coefficient (Wildman–Crippen LogP) is 2.73. The number of carbonyl (C=O) groups is 1. The molecule has 1 amide bonds. The maximum Gasteiger partial charge on any atom is 0.254 e. The largest absolute Gasteiger partial charge is 0.334 e. The molecule has 0 saturated carbocycles. The summed E-state index contributed by atoms with van der Waals surface area (Å²) in [6, 6.07) is 1.82. The number of hydrogen-bond acceptors (Lipinski definition) is 2. The topological polar surface area (TPSA) is 33.2 Å². The van der Waals surface area contributed by atoms with Crippen molar-refractivity contribution in [1.29, 1.82) is 0 Å². The van der Waals surface area contributed by atoms with Crippen LogP contribution in [0, 0.1) is 5.92 Å². The fourth-order valence-corrected chi connectivity index (χ4v) is 1.99. The van der Waals surface area contributed by atoms with E-state index in [9.17, 15) is 4.79 Å². The molecule has 17 heavy (non-hydrogen) atoms. The highest BCUT2D eigenvalue weighted by atomic mass is 16.2. The van der Waals surface area contributed by atoms with E-state index in [-0.39, 0.29) is 5.91 Å². The van der Waals surface area contributed by atoms with Crippen LogP contribution in [-0.4, -0.2) is 22.3 Å². The van der Waals surface area contributed by atoms with Crippen molar-refractivity contribution in [2.75, 3.05) is 6.54 Å². The number of amides is 1. The van der Waals surface area contributed by atoms with Crippen LogP contribution < -0.4 is 0 Å². The van der Waals surface area contributed by atoms with E-state index < -0.39 is 0 Å². The Labute approximate surface area is 102 Å². The van der Waals surface area contributed by atoms with Gasteiger partial charge in [0.25, 0.3) is 5.91 Å². The zero-order chi connectivity index (χ0) is 12.4. The molecule has 1 aromatic heterocycles. The van der Waals surface area contributed by atoms with E-state index in [1.165, 1.54) is 0 Å². The molecule has 0 fully saturated rings. The second-order valence-corrected chi connectivity index (χ2v) is 4.64. The third kappa shape index (κ3) is 2.23. The normalized spacial score (nSPS) is 15.1. The molecule has 0 aliphatic carbocycles. The molecule has 3 heteroatoms. The van der Waals surface area contributed by atoms with Gasteiger partial charge in [-0.2, -0.15) is 0 Å². The molecule has 3 nitrogen and oxygen atoms in total. The lowest BCUT2D eigenvalue weighted by atomic mass is 10.1. The molecule has 0 aromatic carbocycles. The monoisotopic (exact) mass is 230 g/mol. The summed E-state index contributed by atoms with van der Waals surface area (Å²) in [6.07, 6.45) is 5.85. The summed E-state index contributed by atoms with van der Waals surface area (Å²) in [5, 5.41) is 0. The highest BCUT2D eigenvalue weighted by Crippen LogP contribution is 2.25. The van der Waals surface area contributed by atoms with E-state index in [1.807, 2.05) is 24.0 Å². The van der Waals surface area contributed by atoms with Crippen molar-refractivity contribution >= 4 is 12.0 Å². The van der Waals surface area contributed by atoms with Gasteiger partial charge in [-0.3, -0.25) is 9.78 Å². The molecular formula is C14H18N2O. The van der Waals surface area contributed by atoms with Gasteiger partial charge in [0, 0.05) is 30.4 Å². The van der Waals surface area contributed by atoms with Gasteiger partial charge < -0.3 is 4.90 Å². The van der Waals surface area contributed by atoms with E-state index in [2.05, 4.69) is 24.9 Å². The Hall–Kier alpha value is -1.64. The van der Waals surface area contributed by atoms with E-state index in [0.29, 0.717) is 12.5 Å². The van der Waals surface area contributed by atoms with Gasteiger partial charge in [-0.1, -0.05) is 19.9 Å². The summed E-state index contributed by atoms with van der Waals surface area (Å²) in [7, 11) is 0. The molecule has 1 aliphatic heterocycles. The van der Waals surface area contributed by atoms with Crippen molar-refractivity contribution in [3.63, 3.8) is 0 Å². The lowest BCUT2D eigenvalue weighted by Crippen LogP contribution is -2.22. The minimum Gasteiger partial charge on any atom is -0.334 e. The van der Waals surface area contributed by atoms with Gasteiger partial charge in [0.05, 0.1) is 5.69 Å². The van der Waals surface area contributed by atoms with Crippen molar-refractivity contribution in [2.24, 2.45) is 5.92 Å². The summed E-state index contributed by atoms with van der Waals surface area (Å²) in [5.74, 6) is 0.621. The van der Waals surface area contributed by atoms with Crippen molar-refractivity contribution in [3.8, 4) is 0 Å². The summed E-state index contributed by atoms with van der Waals surface area (Å²) >= 11 is 0. The van der Waals surface area contributed by atoms with Crippen LogP contribution in [-0.2, 0) is 6.54 Å². The van der Waals surface area contributed by atoms with Crippen LogP contribution in [0.3, 0.4) is 0 Å². The quantitative estimate of drug-likeness (QED) is 0.800. The number of fused-ring (bicyclic) bond motifs is 1. The van der Waals surface area contributed by atoms with Gasteiger partial charge in [-0.05, 0) is 25.0 Å². The number of nitrogens with zero attached hydrogens (tertiary/aromatic N) is 2. The highest BCUT2D eigenvalue weighted by Gasteiger charge is 2.27. The minimum absolute atomic E-state index is 0.129. The Kier molecular flexibility index (Phi) is 3.27. The number of hydrogen-bond donors (Lipinski definition) is 0. The van der Waals surface area contributed by atoms with Crippen LogP contribution in [0.5, 0.6) is 0 Å². The van der Waals surface area contributed by atoms with Gasteiger partial charge in [0.2, 0.25) is 0 Å². The standard InChI is InChI=1S/C14H18N2O/c1-4-16-9-12-11(14(16)17)7-8-15-13(12)6-5-10(2)3/h5-8,10H,4,9H2,1-3H3/b6-5+. The van der Waals surface area contributed by atoms with Crippen molar-refractivity contribution in [1.82, 2.24) is 9.88 Å². The van der Waals surface area contributed by atoms with Crippen LogP contribution in [0.15, 0.2) is 18.3 Å². The first-order valence-electron chi connectivity index (χ1n) is 6.08. The molecule has 0 radical (unpaired) electrons. The smallest absolute Gasteiger partial charge is 0.254 e. The minimum atomic E-state index is 0.129. The zero-order valence-corrected chi connectivity index (χ0v) is 10.6. The van der Waals surface area contributed by atoms with E-state index in [0.717, 1.165) is 23.4 Å².